The van der Waals surface area contributed by atoms with Crippen molar-refractivity contribution in [1.82, 2.24) is 14.8 Å². The van der Waals surface area contributed by atoms with Crippen LogP contribution in [0.4, 0.5) is 0 Å². The third kappa shape index (κ3) is 2.05. The van der Waals surface area contributed by atoms with Crippen LogP contribution in [0.25, 0.3) is 10.9 Å². The summed E-state index contributed by atoms with van der Waals surface area (Å²) in [6.45, 7) is 0. The van der Waals surface area contributed by atoms with Gasteiger partial charge in [-0.3, -0.25) is 9.67 Å². The topological polar surface area (TPSA) is 56.7 Å². The molecular weight excluding hydrogens is 304 g/mol. The monoisotopic (exact) mass is 316 g/mol. The molecule has 0 spiro atoms. The molecule has 4 nitrogen and oxygen atoms in total. The molecule has 0 fully saturated rings. The summed E-state index contributed by atoms with van der Waals surface area (Å²) in [5.41, 5.74) is 9.28. The highest BCUT2D eigenvalue weighted by molar-refractivity contribution is 9.10. The van der Waals surface area contributed by atoms with Crippen LogP contribution in [0.2, 0.25) is 0 Å². The zero-order valence-electron chi connectivity index (χ0n) is 10.4. The van der Waals surface area contributed by atoms with E-state index in [1.807, 2.05) is 37.4 Å². The number of rotatable bonds is 2. The molecule has 2 N–H and O–H groups in total. The van der Waals surface area contributed by atoms with Gasteiger partial charge >= 0.3 is 0 Å². The van der Waals surface area contributed by atoms with Crippen molar-refractivity contribution >= 4 is 26.8 Å². The van der Waals surface area contributed by atoms with Crippen LogP contribution in [0.15, 0.2) is 47.2 Å². The molecule has 0 aliphatic rings. The number of aromatic nitrogens is 3. The minimum atomic E-state index is -0.263. The predicted octanol–water partition coefficient (Wildman–Crippen LogP) is 2.78. The molecule has 0 aliphatic heterocycles. The Bertz CT molecular complexity index is 710. The molecule has 0 saturated heterocycles. The van der Waals surface area contributed by atoms with E-state index in [4.69, 9.17) is 5.73 Å². The molecule has 0 amide bonds. The summed E-state index contributed by atoms with van der Waals surface area (Å²) < 4.78 is 2.70. The van der Waals surface area contributed by atoms with Crippen LogP contribution in [0.1, 0.15) is 17.3 Å². The number of hydrogen-bond donors (Lipinski definition) is 1. The lowest BCUT2D eigenvalue weighted by molar-refractivity contribution is 0.673. The second-order valence-corrected chi connectivity index (χ2v) is 5.26. The molecule has 2 aromatic heterocycles. The van der Waals surface area contributed by atoms with E-state index in [2.05, 4.69) is 26.0 Å². The lowest BCUT2D eigenvalue weighted by Gasteiger charge is -2.15. The standard InChI is InChI=1S/C14H13BrN4/c1-19-14(11(15)8-18-19)12(16)10-6-2-4-9-5-3-7-17-13(9)10/h2-8,12H,16H2,1H3. The second-order valence-electron chi connectivity index (χ2n) is 4.40. The van der Waals surface area contributed by atoms with E-state index >= 15 is 0 Å². The van der Waals surface area contributed by atoms with E-state index in [1.54, 1.807) is 17.1 Å². The lowest BCUT2D eigenvalue weighted by Crippen LogP contribution is -2.17. The van der Waals surface area contributed by atoms with Gasteiger partial charge < -0.3 is 5.73 Å². The second kappa shape index (κ2) is 4.75. The first-order valence-electron chi connectivity index (χ1n) is 5.95. The Balaban J connectivity index is 2.20. The molecule has 19 heavy (non-hydrogen) atoms. The van der Waals surface area contributed by atoms with Crippen LogP contribution in [0.5, 0.6) is 0 Å². The normalized spacial score (nSPS) is 12.8. The van der Waals surface area contributed by atoms with Crippen molar-refractivity contribution in [3.63, 3.8) is 0 Å². The Hall–Kier alpha value is -1.72. The van der Waals surface area contributed by atoms with E-state index in [-0.39, 0.29) is 6.04 Å². The van der Waals surface area contributed by atoms with Crippen LogP contribution in [-0.2, 0) is 7.05 Å². The molecular formula is C14H13BrN4. The number of hydrogen-bond acceptors (Lipinski definition) is 3. The third-order valence-electron chi connectivity index (χ3n) is 3.23. The van der Waals surface area contributed by atoms with Crippen LogP contribution in [0.3, 0.4) is 0 Å². The van der Waals surface area contributed by atoms with Gasteiger partial charge in [0.25, 0.3) is 0 Å². The lowest BCUT2D eigenvalue weighted by atomic mass is 10.0. The Kier molecular flexibility index (Phi) is 3.08. The number of nitrogens with zero attached hydrogens (tertiary/aromatic N) is 3. The fraction of sp³-hybridized carbons (Fsp3) is 0.143. The maximum atomic E-state index is 6.40. The molecule has 1 atom stereocenters. The van der Waals surface area contributed by atoms with Crippen molar-refractivity contribution in [2.24, 2.45) is 12.8 Å². The Morgan fingerprint density at radius 3 is 2.79 bits per heavy atom. The third-order valence-corrected chi connectivity index (χ3v) is 3.84. The summed E-state index contributed by atoms with van der Waals surface area (Å²) in [5, 5.41) is 5.30. The first-order chi connectivity index (χ1) is 9.18. The van der Waals surface area contributed by atoms with Crippen molar-refractivity contribution in [2.45, 2.75) is 6.04 Å². The molecule has 1 aromatic carbocycles. The summed E-state index contributed by atoms with van der Waals surface area (Å²) in [4.78, 5) is 4.45. The van der Waals surface area contributed by atoms with Crippen LogP contribution in [0, 0.1) is 0 Å². The number of fused-ring (bicyclic) bond motifs is 1. The summed E-state index contributed by atoms with van der Waals surface area (Å²) >= 11 is 3.50. The highest BCUT2D eigenvalue weighted by Gasteiger charge is 2.19. The summed E-state index contributed by atoms with van der Waals surface area (Å²) in [5.74, 6) is 0. The number of nitrogens with two attached hydrogens (primary N) is 1. The average molecular weight is 317 g/mol. The molecule has 1 unspecified atom stereocenters. The first-order valence-corrected chi connectivity index (χ1v) is 6.74. The number of benzene rings is 1. The molecule has 2 heterocycles. The fourth-order valence-electron chi connectivity index (χ4n) is 2.30. The van der Waals surface area contributed by atoms with Gasteiger partial charge in [0.05, 0.1) is 27.9 Å². The van der Waals surface area contributed by atoms with E-state index < -0.39 is 0 Å². The first kappa shape index (κ1) is 12.3. The zero-order valence-corrected chi connectivity index (χ0v) is 12.0. The van der Waals surface area contributed by atoms with Crippen molar-refractivity contribution in [3.8, 4) is 0 Å². The van der Waals surface area contributed by atoms with Crippen molar-refractivity contribution in [1.29, 1.82) is 0 Å². The van der Waals surface area contributed by atoms with Crippen LogP contribution in [-0.4, -0.2) is 14.8 Å². The SMILES string of the molecule is Cn1ncc(Br)c1C(N)c1cccc2cccnc12. The minimum Gasteiger partial charge on any atom is -0.319 e. The van der Waals surface area contributed by atoms with Crippen LogP contribution >= 0.6 is 15.9 Å². The number of pyridine rings is 1. The molecule has 96 valence electrons. The van der Waals surface area contributed by atoms with Gasteiger partial charge in [-0.25, -0.2) is 0 Å². The molecule has 0 radical (unpaired) electrons. The Morgan fingerprint density at radius 1 is 1.26 bits per heavy atom. The highest BCUT2D eigenvalue weighted by atomic mass is 79.9. The maximum Gasteiger partial charge on any atom is 0.0756 e. The van der Waals surface area contributed by atoms with Gasteiger partial charge in [0, 0.05) is 24.2 Å². The van der Waals surface area contributed by atoms with Gasteiger partial charge in [0.2, 0.25) is 0 Å². The van der Waals surface area contributed by atoms with E-state index in [9.17, 15) is 0 Å². The predicted molar refractivity (Wildman–Crippen MR) is 78.7 cm³/mol. The van der Waals surface area contributed by atoms with Gasteiger partial charge in [0.1, 0.15) is 0 Å². The van der Waals surface area contributed by atoms with E-state index in [0.717, 1.165) is 26.6 Å². The zero-order chi connectivity index (χ0) is 13.4. The van der Waals surface area contributed by atoms with Crippen LogP contribution < -0.4 is 5.73 Å². The van der Waals surface area contributed by atoms with Crippen molar-refractivity contribution in [2.75, 3.05) is 0 Å². The van der Waals surface area contributed by atoms with Gasteiger partial charge in [-0.2, -0.15) is 5.10 Å². The Morgan fingerprint density at radius 2 is 2.05 bits per heavy atom. The maximum absolute atomic E-state index is 6.40. The Labute approximate surface area is 119 Å². The summed E-state index contributed by atoms with van der Waals surface area (Å²) in [6.07, 6.45) is 3.55. The number of aryl methyl sites for hydroxylation is 1. The highest BCUT2D eigenvalue weighted by Crippen LogP contribution is 2.29. The smallest absolute Gasteiger partial charge is 0.0756 e. The number of para-hydroxylation sites is 1. The van der Waals surface area contributed by atoms with E-state index in [0.29, 0.717) is 0 Å². The van der Waals surface area contributed by atoms with Gasteiger partial charge in [-0.1, -0.05) is 24.3 Å². The fourth-order valence-corrected chi connectivity index (χ4v) is 2.89. The molecule has 0 saturated carbocycles. The minimum absolute atomic E-state index is 0.263. The molecule has 0 bridgehead atoms. The molecule has 3 aromatic rings. The van der Waals surface area contributed by atoms with Crippen molar-refractivity contribution in [3.05, 3.63) is 58.5 Å². The number of halogens is 1. The summed E-state index contributed by atoms with van der Waals surface area (Å²) in [7, 11) is 1.89. The molecule has 0 aliphatic carbocycles. The average Bonchev–Trinajstić information content (AvgIpc) is 2.77. The molecule has 5 heteroatoms. The van der Waals surface area contributed by atoms with Crippen molar-refractivity contribution < 1.29 is 0 Å². The van der Waals surface area contributed by atoms with Gasteiger partial charge in [-0.05, 0) is 22.0 Å². The van der Waals surface area contributed by atoms with Gasteiger partial charge in [-0.15, -0.1) is 0 Å². The van der Waals surface area contributed by atoms with E-state index in [1.165, 1.54) is 0 Å². The largest absolute Gasteiger partial charge is 0.319 e. The van der Waals surface area contributed by atoms with Gasteiger partial charge in [0.15, 0.2) is 0 Å². The quantitative estimate of drug-likeness (QED) is 0.791. The summed E-state index contributed by atoms with van der Waals surface area (Å²) in [6, 6.07) is 9.76. The molecule has 3 rings (SSSR count).